The SMILES string of the molecule is CCCc1cccc2c1C(=O)N(O[C@H]1[C@@H](O)[C@H](n3ccc(N)nc3=O)O[C@@H]1CO)C2=O. The number of carbonyl (C=O) groups excluding carboxylic acids is 2. The van der Waals surface area contributed by atoms with Crippen molar-refractivity contribution in [1.29, 1.82) is 0 Å². The summed E-state index contributed by atoms with van der Waals surface area (Å²) in [7, 11) is 0. The molecule has 0 bridgehead atoms. The number of aliphatic hydroxyl groups excluding tert-OH is 2. The second-order valence-corrected chi connectivity index (χ2v) is 7.34. The van der Waals surface area contributed by atoms with Crippen molar-refractivity contribution < 1.29 is 29.4 Å². The minimum atomic E-state index is -1.49. The number of imide groups is 1. The molecule has 2 aromatic rings. The van der Waals surface area contributed by atoms with Crippen LogP contribution in [0.4, 0.5) is 5.82 Å². The van der Waals surface area contributed by atoms with Gasteiger partial charge in [0.1, 0.15) is 24.1 Å². The molecular weight excluding hydrogens is 408 g/mol. The Balaban J connectivity index is 1.61. The van der Waals surface area contributed by atoms with Crippen LogP contribution in [0.5, 0.6) is 0 Å². The topological polar surface area (TPSA) is 157 Å². The van der Waals surface area contributed by atoms with Crippen LogP contribution in [0.25, 0.3) is 0 Å². The first-order valence-corrected chi connectivity index (χ1v) is 9.83. The van der Waals surface area contributed by atoms with Crippen LogP contribution in [0.2, 0.25) is 0 Å². The number of nitrogens with two attached hydrogens (primary N) is 1. The van der Waals surface area contributed by atoms with Crippen LogP contribution in [0, 0.1) is 0 Å². The summed E-state index contributed by atoms with van der Waals surface area (Å²) in [5, 5.41) is 21.0. The summed E-state index contributed by atoms with van der Waals surface area (Å²) in [5.74, 6) is -1.33. The molecule has 3 heterocycles. The van der Waals surface area contributed by atoms with E-state index in [9.17, 15) is 24.6 Å². The zero-order valence-corrected chi connectivity index (χ0v) is 16.7. The highest BCUT2D eigenvalue weighted by molar-refractivity contribution is 6.21. The highest BCUT2D eigenvalue weighted by Gasteiger charge is 2.50. The van der Waals surface area contributed by atoms with E-state index in [1.807, 2.05) is 6.92 Å². The van der Waals surface area contributed by atoms with E-state index in [0.717, 1.165) is 16.6 Å². The molecule has 4 rings (SSSR count). The smallest absolute Gasteiger partial charge is 0.351 e. The van der Waals surface area contributed by atoms with Crippen molar-refractivity contribution in [2.75, 3.05) is 12.3 Å². The van der Waals surface area contributed by atoms with Crippen LogP contribution < -0.4 is 11.4 Å². The van der Waals surface area contributed by atoms with Gasteiger partial charge in [-0.15, -0.1) is 5.06 Å². The fourth-order valence-corrected chi connectivity index (χ4v) is 3.88. The monoisotopic (exact) mass is 430 g/mol. The van der Waals surface area contributed by atoms with Crippen molar-refractivity contribution in [3.8, 4) is 0 Å². The molecule has 11 nitrogen and oxygen atoms in total. The number of hydroxylamine groups is 2. The lowest BCUT2D eigenvalue weighted by molar-refractivity contribution is -0.170. The molecule has 4 atom stereocenters. The number of amides is 2. The Labute approximate surface area is 176 Å². The van der Waals surface area contributed by atoms with E-state index in [4.69, 9.17) is 15.3 Å². The number of aryl methyl sites for hydroxylation is 1. The number of rotatable bonds is 6. The van der Waals surface area contributed by atoms with Gasteiger partial charge in [-0.05, 0) is 24.1 Å². The third kappa shape index (κ3) is 3.51. The van der Waals surface area contributed by atoms with Crippen molar-refractivity contribution in [1.82, 2.24) is 14.6 Å². The first kappa shape index (κ1) is 21.1. The summed E-state index contributed by atoms with van der Waals surface area (Å²) in [6.45, 7) is 1.38. The summed E-state index contributed by atoms with van der Waals surface area (Å²) in [4.78, 5) is 47.1. The van der Waals surface area contributed by atoms with Crippen molar-refractivity contribution >= 4 is 17.6 Å². The number of carbonyl (C=O) groups is 2. The summed E-state index contributed by atoms with van der Waals surface area (Å²) in [6.07, 6.45) is -2.46. The van der Waals surface area contributed by atoms with Gasteiger partial charge in [0, 0.05) is 6.20 Å². The molecule has 1 fully saturated rings. The Kier molecular flexibility index (Phi) is 5.58. The number of aliphatic hydroxyl groups is 2. The second kappa shape index (κ2) is 8.19. The van der Waals surface area contributed by atoms with E-state index >= 15 is 0 Å². The number of nitrogens with zero attached hydrogens (tertiary/aromatic N) is 3. The van der Waals surface area contributed by atoms with E-state index in [0.29, 0.717) is 11.5 Å². The highest BCUT2D eigenvalue weighted by Crippen LogP contribution is 2.34. The van der Waals surface area contributed by atoms with Gasteiger partial charge in [-0.25, -0.2) is 4.79 Å². The van der Waals surface area contributed by atoms with E-state index < -0.39 is 48.7 Å². The summed E-state index contributed by atoms with van der Waals surface area (Å²) < 4.78 is 6.57. The van der Waals surface area contributed by atoms with Gasteiger partial charge in [-0.2, -0.15) is 4.98 Å². The Bertz CT molecular complexity index is 1090. The number of benzene rings is 1. The molecule has 0 radical (unpaired) electrons. The average molecular weight is 430 g/mol. The second-order valence-electron chi connectivity index (χ2n) is 7.34. The molecular formula is C20H22N4O7. The largest absolute Gasteiger partial charge is 0.394 e. The maximum absolute atomic E-state index is 13.0. The number of nitrogen functional groups attached to an aromatic ring is 1. The van der Waals surface area contributed by atoms with Crippen LogP contribution in [-0.4, -0.2) is 61.6 Å². The molecule has 0 aliphatic carbocycles. The molecule has 1 saturated heterocycles. The van der Waals surface area contributed by atoms with Crippen molar-refractivity contribution in [2.24, 2.45) is 0 Å². The van der Waals surface area contributed by atoms with E-state index in [1.165, 1.54) is 18.3 Å². The maximum Gasteiger partial charge on any atom is 0.351 e. The van der Waals surface area contributed by atoms with Crippen LogP contribution >= 0.6 is 0 Å². The maximum atomic E-state index is 13.0. The van der Waals surface area contributed by atoms with Crippen LogP contribution in [0.15, 0.2) is 35.3 Å². The molecule has 4 N–H and O–H groups in total. The van der Waals surface area contributed by atoms with Gasteiger partial charge in [0.25, 0.3) is 11.8 Å². The number of anilines is 1. The van der Waals surface area contributed by atoms with Crippen molar-refractivity contribution in [3.05, 3.63) is 57.6 Å². The zero-order valence-electron chi connectivity index (χ0n) is 16.7. The molecule has 0 spiro atoms. The molecule has 11 heteroatoms. The molecule has 31 heavy (non-hydrogen) atoms. The van der Waals surface area contributed by atoms with E-state index in [1.54, 1.807) is 12.1 Å². The first-order chi connectivity index (χ1) is 14.9. The molecule has 0 unspecified atom stereocenters. The van der Waals surface area contributed by atoms with Gasteiger partial charge < -0.3 is 20.7 Å². The lowest BCUT2D eigenvalue weighted by Gasteiger charge is -2.23. The van der Waals surface area contributed by atoms with Gasteiger partial charge in [0.15, 0.2) is 6.23 Å². The van der Waals surface area contributed by atoms with Crippen LogP contribution in [0.1, 0.15) is 45.9 Å². The standard InChI is InChI=1S/C20H22N4O7/c1-2-4-10-5-3-6-11-14(10)18(28)24(17(11)27)31-16-12(9-25)30-19(15(16)26)23-8-7-13(21)22-20(23)29/h3,5-8,12,15-16,19,25-26H,2,4,9H2,1H3,(H2,21,22,29)/t12-,15-,16-,19-/m1/s1. The fourth-order valence-electron chi connectivity index (χ4n) is 3.88. The van der Waals surface area contributed by atoms with Crippen molar-refractivity contribution in [3.63, 3.8) is 0 Å². The molecule has 2 amide bonds. The molecule has 1 aromatic carbocycles. The quantitative estimate of drug-likeness (QED) is 0.520. The average Bonchev–Trinajstić information content (AvgIpc) is 3.18. The van der Waals surface area contributed by atoms with Gasteiger partial charge in [-0.3, -0.25) is 19.0 Å². The van der Waals surface area contributed by atoms with Crippen LogP contribution in [0.3, 0.4) is 0 Å². The van der Waals surface area contributed by atoms with Gasteiger partial charge >= 0.3 is 5.69 Å². The fraction of sp³-hybridized carbons (Fsp3) is 0.400. The normalized spacial score (nSPS) is 25.3. The molecule has 2 aliphatic heterocycles. The molecule has 164 valence electrons. The third-order valence-electron chi connectivity index (χ3n) is 5.33. The number of hydrogen-bond donors (Lipinski definition) is 3. The van der Waals surface area contributed by atoms with Gasteiger partial charge in [0.2, 0.25) is 0 Å². The predicted molar refractivity (Wildman–Crippen MR) is 106 cm³/mol. The lowest BCUT2D eigenvalue weighted by atomic mass is 9.99. The zero-order chi connectivity index (χ0) is 22.3. The Morgan fingerprint density at radius 2 is 2.00 bits per heavy atom. The van der Waals surface area contributed by atoms with E-state index in [2.05, 4.69) is 4.98 Å². The predicted octanol–water partition coefficient (Wildman–Crippen LogP) is -0.375. The number of ether oxygens (including phenoxy) is 1. The highest BCUT2D eigenvalue weighted by atomic mass is 16.7. The van der Waals surface area contributed by atoms with E-state index in [-0.39, 0.29) is 16.9 Å². The van der Waals surface area contributed by atoms with Crippen molar-refractivity contribution in [2.45, 2.75) is 44.3 Å². The number of aromatic nitrogens is 2. The number of hydrogen-bond acceptors (Lipinski definition) is 9. The number of fused-ring (bicyclic) bond motifs is 1. The van der Waals surface area contributed by atoms with Crippen LogP contribution in [-0.2, 0) is 16.0 Å². The molecule has 2 aliphatic rings. The molecule has 0 saturated carbocycles. The summed E-state index contributed by atoms with van der Waals surface area (Å²) in [6, 6.07) is 6.35. The Morgan fingerprint density at radius 1 is 1.23 bits per heavy atom. The summed E-state index contributed by atoms with van der Waals surface area (Å²) in [5.41, 5.74) is 5.91. The minimum Gasteiger partial charge on any atom is -0.394 e. The lowest BCUT2D eigenvalue weighted by Crippen LogP contribution is -2.44. The Morgan fingerprint density at radius 3 is 2.68 bits per heavy atom. The summed E-state index contributed by atoms with van der Waals surface area (Å²) >= 11 is 0. The minimum absolute atomic E-state index is 0.00541. The van der Waals surface area contributed by atoms with Gasteiger partial charge in [-0.1, -0.05) is 25.5 Å². The molecule has 1 aromatic heterocycles. The Hall–Kier alpha value is -3.12. The van der Waals surface area contributed by atoms with Gasteiger partial charge in [0.05, 0.1) is 17.7 Å². The third-order valence-corrected chi connectivity index (χ3v) is 5.33. The first-order valence-electron chi connectivity index (χ1n) is 9.83.